The Morgan fingerprint density at radius 1 is 1.04 bits per heavy atom. The second-order valence-corrected chi connectivity index (χ2v) is 6.37. The van der Waals surface area contributed by atoms with Crippen LogP contribution in [-0.2, 0) is 0 Å². The van der Waals surface area contributed by atoms with Gasteiger partial charge in [-0.2, -0.15) is 0 Å². The molecule has 0 amide bonds. The van der Waals surface area contributed by atoms with Gasteiger partial charge in [-0.15, -0.1) is 0 Å². The van der Waals surface area contributed by atoms with E-state index in [9.17, 15) is 9.59 Å². The van der Waals surface area contributed by atoms with Crippen molar-refractivity contribution < 1.29 is 9.59 Å². The lowest BCUT2D eigenvalue weighted by molar-refractivity contribution is 0.0696. The highest BCUT2D eigenvalue weighted by Gasteiger charge is 2.51. The highest BCUT2D eigenvalue weighted by molar-refractivity contribution is 6.31. The van der Waals surface area contributed by atoms with E-state index in [-0.39, 0.29) is 11.6 Å². The van der Waals surface area contributed by atoms with E-state index in [1.165, 1.54) is 0 Å². The molecule has 23 heavy (non-hydrogen) atoms. The Bertz CT molecular complexity index is 785. The summed E-state index contributed by atoms with van der Waals surface area (Å²) in [6, 6.07) is 14.4. The van der Waals surface area contributed by atoms with Crippen molar-refractivity contribution in [3.63, 3.8) is 0 Å². The third-order valence-electron chi connectivity index (χ3n) is 4.64. The summed E-state index contributed by atoms with van der Waals surface area (Å²) in [4.78, 5) is 25.8. The molecule has 0 saturated carbocycles. The topological polar surface area (TPSA) is 34.1 Å². The Hall–Kier alpha value is -2.19. The molecule has 0 aromatic heterocycles. The van der Waals surface area contributed by atoms with Crippen molar-refractivity contribution in [3.05, 3.63) is 76.8 Å². The number of hydrogen-bond donors (Lipinski definition) is 0. The Morgan fingerprint density at radius 2 is 1.65 bits per heavy atom. The maximum absolute atomic E-state index is 12.9. The van der Waals surface area contributed by atoms with E-state index >= 15 is 0 Å². The van der Waals surface area contributed by atoms with Gasteiger partial charge < -0.3 is 0 Å². The molecule has 0 N–H and O–H groups in total. The lowest BCUT2D eigenvalue weighted by Gasteiger charge is -2.25. The van der Waals surface area contributed by atoms with Gasteiger partial charge in [0.05, 0.1) is 0 Å². The lowest BCUT2D eigenvalue weighted by Crippen LogP contribution is -2.33. The number of ketones is 2. The van der Waals surface area contributed by atoms with Crippen molar-refractivity contribution in [1.29, 1.82) is 0 Å². The van der Waals surface area contributed by atoms with E-state index in [1.807, 2.05) is 25.1 Å². The first-order valence-electron chi connectivity index (χ1n) is 7.62. The number of carbonyl (C=O) groups is 2. The predicted molar refractivity (Wildman–Crippen MR) is 92.9 cm³/mol. The summed E-state index contributed by atoms with van der Waals surface area (Å²) in [6.45, 7) is 5.97. The van der Waals surface area contributed by atoms with Crippen LogP contribution in [0, 0.1) is 5.41 Å². The van der Waals surface area contributed by atoms with E-state index in [0.717, 1.165) is 11.1 Å². The molecule has 0 radical (unpaired) electrons. The Balaban J connectivity index is 1.99. The van der Waals surface area contributed by atoms with E-state index in [1.54, 1.807) is 30.3 Å². The number of carbonyl (C=O) groups excluding carboxylic acids is 2. The van der Waals surface area contributed by atoms with Gasteiger partial charge in [0.2, 0.25) is 0 Å². The molecule has 3 rings (SSSR count). The summed E-state index contributed by atoms with van der Waals surface area (Å²) >= 11 is 6.03. The van der Waals surface area contributed by atoms with Gasteiger partial charge in [0.1, 0.15) is 5.41 Å². The van der Waals surface area contributed by atoms with Gasteiger partial charge in [-0.1, -0.05) is 61.5 Å². The quantitative estimate of drug-likeness (QED) is 0.723. The van der Waals surface area contributed by atoms with Gasteiger partial charge >= 0.3 is 0 Å². The van der Waals surface area contributed by atoms with Crippen LogP contribution in [0.4, 0.5) is 0 Å². The van der Waals surface area contributed by atoms with Gasteiger partial charge in [-0.05, 0) is 36.1 Å². The van der Waals surface area contributed by atoms with Crippen molar-refractivity contribution >= 4 is 28.7 Å². The van der Waals surface area contributed by atoms with Gasteiger partial charge in [0.15, 0.2) is 11.6 Å². The Kier molecular flexibility index (Phi) is 3.95. The second kappa shape index (κ2) is 5.78. The molecule has 0 bridgehead atoms. The molecule has 0 saturated heterocycles. The Labute approximate surface area is 140 Å². The molecule has 1 aliphatic rings. The summed E-state index contributed by atoms with van der Waals surface area (Å²) in [6.07, 6.45) is 0.773. The van der Waals surface area contributed by atoms with E-state index in [0.29, 0.717) is 29.0 Å². The number of allylic oxidation sites excluding steroid dienone is 1. The van der Waals surface area contributed by atoms with Crippen LogP contribution >= 0.6 is 11.6 Å². The summed E-state index contributed by atoms with van der Waals surface area (Å²) in [5, 5.41) is 0.613. The zero-order valence-corrected chi connectivity index (χ0v) is 13.7. The zero-order valence-electron chi connectivity index (χ0n) is 12.9. The Morgan fingerprint density at radius 3 is 2.17 bits per heavy atom. The number of Topliss-reactive ketones (excluding diaryl/α,β-unsaturated/α-hetero) is 2. The number of rotatable bonds is 4. The molecular formula is C20H17ClO2. The molecule has 2 nitrogen and oxygen atoms in total. The minimum Gasteiger partial charge on any atom is -0.293 e. The van der Waals surface area contributed by atoms with Crippen LogP contribution in [0.2, 0.25) is 5.02 Å². The smallest absolute Gasteiger partial charge is 0.177 e. The average Bonchev–Trinajstić information content (AvgIpc) is 2.77. The SMILES string of the molecule is C=C(CC1(CC)C(=O)c2ccccc2C1=O)c1cccc(Cl)c1. The monoisotopic (exact) mass is 324 g/mol. The van der Waals surface area contributed by atoms with Gasteiger partial charge in [0.25, 0.3) is 0 Å². The van der Waals surface area contributed by atoms with Crippen LogP contribution < -0.4 is 0 Å². The molecule has 0 atom stereocenters. The maximum Gasteiger partial charge on any atom is 0.177 e. The summed E-state index contributed by atoms with van der Waals surface area (Å²) < 4.78 is 0. The molecule has 0 aliphatic heterocycles. The molecular weight excluding hydrogens is 308 g/mol. The van der Waals surface area contributed by atoms with Gasteiger partial charge in [0, 0.05) is 16.1 Å². The fraction of sp³-hybridized carbons (Fsp3) is 0.200. The molecule has 2 aromatic rings. The van der Waals surface area contributed by atoms with Crippen LogP contribution in [-0.4, -0.2) is 11.6 Å². The predicted octanol–water partition coefficient (Wildman–Crippen LogP) is 5.22. The van der Waals surface area contributed by atoms with Crippen molar-refractivity contribution in [2.45, 2.75) is 19.8 Å². The van der Waals surface area contributed by atoms with Crippen LogP contribution in [0.15, 0.2) is 55.1 Å². The minimum atomic E-state index is -1.04. The van der Waals surface area contributed by atoms with Crippen molar-refractivity contribution in [3.8, 4) is 0 Å². The first kappa shape index (κ1) is 15.7. The number of benzene rings is 2. The maximum atomic E-state index is 12.9. The summed E-state index contributed by atoms with van der Waals surface area (Å²) in [5.41, 5.74) is 1.63. The van der Waals surface area contributed by atoms with Crippen molar-refractivity contribution in [2.24, 2.45) is 5.41 Å². The molecule has 3 heteroatoms. The average molecular weight is 325 g/mol. The minimum absolute atomic E-state index is 0.0937. The van der Waals surface area contributed by atoms with Gasteiger partial charge in [-0.25, -0.2) is 0 Å². The van der Waals surface area contributed by atoms with Crippen molar-refractivity contribution in [2.75, 3.05) is 0 Å². The van der Waals surface area contributed by atoms with E-state index < -0.39 is 5.41 Å². The van der Waals surface area contributed by atoms with Gasteiger partial charge in [-0.3, -0.25) is 9.59 Å². The lowest BCUT2D eigenvalue weighted by atomic mass is 9.74. The number of halogens is 1. The molecule has 0 unspecified atom stereocenters. The third-order valence-corrected chi connectivity index (χ3v) is 4.87. The largest absolute Gasteiger partial charge is 0.293 e. The van der Waals surface area contributed by atoms with E-state index in [2.05, 4.69) is 6.58 Å². The zero-order chi connectivity index (χ0) is 16.6. The number of fused-ring (bicyclic) bond motifs is 1. The molecule has 1 aliphatic carbocycles. The first-order chi connectivity index (χ1) is 11.0. The second-order valence-electron chi connectivity index (χ2n) is 5.93. The molecule has 2 aromatic carbocycles. The standard InChI is InChI=1S/C20H17ClO2/c1-3-20(12-13(2)14-7-6-8-15(21)11-14)18(22)16-9-4-5-10-17(16)19(20)23/h4-11H,2-3,12H2,1H3. The van der Waals surface area contributed by atoms with Crippen LogP contribution in [0.25, 0.3) is 5.57 Å². The number of hydrogen-bond acceptors (Lipinski definition) is 2. The van der Waals surface area contributed by atoms with Crippen LogP contribution in [0.5, 0.6) is 0 Å². The van der Waals surface area contributed by atoms with E-state index in [4.69, 9.17) is 11.6 Å². The molecule has 0 heterocycles. The third kappa shape index (κ3) is 2.43. The highest BCUT2D eigenvalue weighted by atomic mass is 35.5. The van der Waals surface area contributed by atoms with Crippen LogP contribution in [0.1, 0.15) is 46.0 Å². The summed E-state index contributed by atoms with van der Waals surface area (Å²) in [5.74, 6) is -0.187. The summed E-state index contributed by atoms with van der Waals surface area (Å²) in [7, 11) is 0. The highest BCUT2D eigenvalue weighted by Crippen LogP contribution is 2.45. The molecule has 0 fully saturated rings. The molecule has 0 spiro atoms. The van der Waals surface area contributed by atoms with Crippen molar-refractivity contribution in [1.82, 2.24) is 0 Å². The normalized spacial score (nSPS) is 15.6. The fourth-order valence-electron chi connectivity index (χ4n) is 3.28. The fourth-order valence-corrected chi connectivity index (χ4v) is 3.47. The van der Waals surface area contributed by atoms with Crippen LogP contribution in [0.3, 0.4) is 0 Å². The molecule has 116 valence electrons. The first-order valence-corrected chi connectivity index (χ1v) is 8.00.